The van der Waals surface area contributed by atoms with E-state index in [1.54, 1.807) is 6.20 Å². The molecule has 1 aromatic rings. The van der Waals surface area contributed by atoms with Crippen molar-refractivity contribution in [3.8, 4) is 0 Å². The molecule has 1 saturated heterocycles. The van der Waals surface area contributed by atoms with Gasteiger partial charge in [-0.1, -0.05) is 0 Å². The van der Waals surface area contributed by atoms with Crippen LogP contribution in [0.3, 0.4) is 0 Å². The minimum atomic E-state index is -1.79. The molecular formula is C17H30N4O10. The Kier molecular flexibility index (Phi) is 14.1. The lowest BCUT2D eigenvalue weighted by molar-refractivity contribution is -0.139. The Morgan fingerprint density at radius 1 is 1.23 bits per heavy atom. The lowest BCUT2D eigenvalue weighted by Crippen LogP contribution is -2.46. The average Bonchev–Trinajstić information content (AvgIpc) is 3.46. The third-order valence-corrected chi connectivity index (χ3v) is 4.09. The number of nitrogens with two attached hydrogens (primary N) is 1. The van der Waals surface area contributed by atoms with Crippen molar-refractivity contribution in [1.82, 2.24) is 15.3 Å². The van der Waals surface area contributed by atoms with Crippen molar-refractivity contribution >= 4 is 18.2 Å². The number of aromatic amines is 1. The number of carboxylic acids is 2. The van der Waals surface area contributed by atoms with Crippen LogP contribution in [0.5, 0.6) is 0 Å². The molecule has 0 saturated carbocycles. The van der Waals surface area contributed by atoms with Crippen LogP contribution in [-0.2, 0) is 20.8 Å². The van der Waals surface area contributed by atoms with Crippen molar-refractivity contribution in [2.45, 2.75) is 55.8 Å². The van der Waals surface area contributed by atoms with Gasteiger partial charge in [-0.2, -0.15) is 0 Å². The van der Waals surface area contributed by atoms with E-state index in [1.807, 2.05) is 0 Å². The van der Waals surface area contributed by atoms with Gasteiger partial charge >= 0.3 is 11.9 Å². The van der Waals surface area contributed by atoms with E-state index in [4.69, 9.17) is 41.5 Å². The molecule has 2 rings (SSSR count). The molecular weight excluding hydrogens is 420 g/mol. The molecule has 31 heavy (non-hydrogen) atoms. The van der Waals surface area contributed by atoms with E-state index in [9.17, 15) is 14.4 Å². The number of H-pyrrole nitrogens is 1. The highest BCUT2D eigenvalue weighted by Gasteiger charge is 2.29. The van der Waals surface area contributed by atoms with Gasteiger partial charge in [0.05, 0.1) is 12.9 Å². The third-order valence-electron chi connectivity index (χ3n) is 4.09. The van der Waals surface area contributed by atoms with Gasteiger partial charge in [-0.05, 0) is 19.4 Å². The largest absolute Gasteiger partial charge is 0.480 e. The SMILES string of the molecule is N[C@@H](Cc1cnc[nH]1)C(=O)O.O=C(O)C1CCCN1.O=C[C@H](O)[C@@H](O)[C@H](O)[C@H](O)CO. The Morgan fingerprint density at radius 2 is 1.87 bits per heavy atom. The number of hydrogen-bond donors (Lipinski definition) is 10. The summed E-state index contributed by atoms with van der Waals surface area (Å²) in [6.07, 6.45) is -1.72. The Hall–Kier alpha value is -2.46. The van der Waals surface area contributed by atoms with Gasteiger partial charge in [-0.15, -0.1) is 0 Å². The monoisotopic (exact) mass is 450 g/mol. The fourth-order valence-corrected chi connectivity index (χ4v) is 2.23. The summed E-state index contributed by atoms with van der Waals surface area (Å²) in [6.45, 7) is 0.0980. The second kappa shape index (κ2) is 15.4. The summed E-state index contributed by atoms with van der Waals surface area (Å²) in [5.74, 6) is -1.72. The fraction of sp³-hybridized carbons (Fsp3) is 0.647. The number of rotatable bonds is 9. The van der Waals surface area contributed by atoms with Gasteiger partial charge in [0.15, 0.2) is 6.29 Å². The third kappa shape index (κ3) is 11.5. The normalized spacial score (nSPS) is 20.0. The maximum atomic E-state index is 10.3. The molecule has 14 heteroatoms. The molecule has 1 aliphatic heterocycles. The van der Waals surface area contributed by atoms with E-state index in [-0.39, 0.29) is 18.7 Å². The number of nitrogens with one attached hydrogen (secondary N) is 2. The zero-order chi connectivity index (χ0) is 24.0. The number of carbonyl (C=O) groups is 3. The number of aliphatic carboxylic acids is 2. The summed E-state index contributed by atoms with van der Waals surface area (Å²) < 4.78 is 0. The zero-order valence-electron chi connectivity index (χ0n) is 16.6. The van der Waals surface area contributed by atoms with Crippen LogP contribution in [-0.4, -0.2) is 114 Å². The Morgan fingerprint density at radius 3 is 2.23 bits per heavy atom. The van der Waals surface area contributed by atoms with Crippen molar-refractivity contribution in [3.05, 3.63) is 18.2 Å². The molecule has 1 aromatic heterocycles. The number of imidazole rings is 1. The van der Waals surface area contributed by atoms with E-state index in [1.165, 1.54) is 6.33 Å². The van der Waals surface area contributed by atoms with Gasteiger partial charge in [0, 0.05) is 18.3 Å². The van der Waals surface area contributed by atoms with E-state index >= 15 is 0 Å². The van der Waals surface area contributed by atoms with Crippen LogP contribution in [0.15, 0.2) is 12.5 Å². The number of carbonyl (C=O) groups excluding carboxylic acids is 1. The van der Waals surface area contributed by atoms with Crippen LogP contribution in [0.2, 0.25) is 0 Å². The van der Waals surface area contributed by atoms with Crippen LogP contribution in [0, 0.1) is 0 Å². The first-order valence-corrected chi connectivity index (χ1v) is 9.25. The van der Waals surface area contributed by atoms with Gasteiger partial charge in [0.1, 0.15) is 36.5 Å². The first-order chi connectivity index (χ1) is 14.5. The predicted octanol–water partition coefficient (Wildman–Crippen LogP) is -4.19. The molecule has 0 bridgehead atoms. The van der Waals surface area contributed by atoms with Crippen LogP contribution in [0.25, 0.3) is 0 Å². The smallest absolute Gasteiger partial charge is 0.320 e. The zero-order valence-corrected chi connectivity index (χ0v) is 16.6. The van der Waals surface area contributed by atoms with E-state index < -0.39 is 49.0 Å². The van der Waals surface area contributed by atoms with Gasteiger partial charge in [-0.25, -0.2) is 4.98 Å². The molecule has 0 aromatic carbocycles. The molecule has 178 valence electrons. The molecule has 14 nitrogen and oxygen atoms in total. The quantitative estimate of drug-likeness (QED) is 0.160. The molecule has 1 aliphatic rings. The standard InChI is InChI=1S/C6H9N3O2.C6H12O6.C5H9NO2/c7-5(6(10)11)1-4-2-8-3-9-4;7-1-3(9)5(11)6(12)4(10)2-8;7-5(8)4-2-1-3-6-4/h2-3,5H,1,7H2,(H,8,9)(H,10,11);1,3-6,8-12H,2H2;4,6H,1-3H2,(H,7,8)/t5-;3-,4+,5+,6+;/m00./s1. The number of nitrogens with zero attached hydrogens (tertiary/aromatic N) is 1. The number of carboxylic acid groups (broad SMARTS) is 2. The number of aldehydes is 1. The molecule has 0 radical (unpaired) electrons. The number of aromatic nitrogens is 2. The highest BCUT2D eigenvalue weighted by Crippen LogP contribution is 2.04. The van der Waals surface area contributed by atoms with Gasteiger partial charge in [-0.3, -0.25) is 9.59 Å². The number of aliphatic hydroxyl groups is 5. The molecule has 1 unspecified atom stereocenters. The van der Waals surface area contributed by atoms with Gasteiger partial charge in [0.25, 0.3) is 0 Å². The minimum absolute atomic E-state index is 0.0258. The topological polar surface area (TPSA) is 260 Å². The highest BCUT2D eigenvalue weighted by molar-refractivity contribution is 5.73. The van der Waals surface area contributed by atoms with Crippen molar-refractivity contribution in [2.75, 3.05) is 13.2 Å². The lowest BCUT2D eigenvalue weighted by Gasteiger charge is -2.22. The lowest BCUT2D eigenvalue weighted by atomic mass is 10.0. The summed E-state index contributed by atoms with van der Waals surface area (Å²) in [7, 11) is 0. The Balaban J connectivity index is 0.000000443. The Bertz CT molecular complexity index is 639. The summed E-state index contributed by atoms with van der Waals surface area (Å²) in [4.78, 5) is 36.8. The fourth-order valence-electron chi connectivity index (χ4n) is 2.23. The average molecular weight is 450 g/mol. The minimum Gasteiger partial charge on any atom is -0.480 e. The summed E-state index contributed by atoms with van der Waals surface area (Å²) in [5, 5.41) is 63.2. The molecule has 0 amide bonds. The van der Waals surface area contributed by atoms with Gasteiger partial charge < -0.3 is 56.6 Å². The first-order valence-electron chi connectivity index (χ1n) is 9.25. The molecule has 0 spiro atoms. The maximum absolute atomic E-state index is 10.3. The summed E-state index contributed by atoms with van der Waals surface area (Å²) in [6, 6.07) is -1.12. The molecule has 1 fully saturated rings. The van der Waals surface area contributed by atoms with Crippen LogP contribution < -0.4 is 11.1 Å². The van der Waals surface area contributed by atoms with E-state index in [2.05, 4.69) is 15.3 Å². The van der Waals surface area contributed by atoms with Crippen LogP contribution in [0.4, 0.5) is 0 Å². The summed E-state index contributed by atoms with van der Waals surface area (Å²) in [5.41, 5.74) is 6.00. The molecule has 11 N–H and O–H groups in total. The highest BCUT2D eigenvalue weighted by atomic mass is 16.4. The Labute approximate surface area is 177 Å². The van der Waals surface area contributed by atoms with E-state index in [0.717, 1.165) is 25.1 Å². The molecule has 2 heterocycles. The summed E-state index contributed by atoms with van der Waals surface area (Å²) >= 11 is 0. The first kappa shape index (κ1) is 28.5. The van der Waals surface area contributed by atoms with Crippen molar-refractivity contribution < 1.29 is 50.1 Å². The van der Waals surface area contributed by atoms with Crippen molar-refractivity contribution in [1.29, 1.82) is 0 Å². The number of aliphatic hydroxyl groups excluding tert-OH is 5. The van der Waals surface area contributed by atoms with E-state index in [0.29, 0.717) is 0 Å². The number of hydrogen-bond acceptors (Lipinski definition) is 11. The maximum Gasteiger partial charge on any atom is 0.320 e. The molecule has 0 aliphatic carbocycles. The van der Waals surface area contributed by atoms with Gasteiger partial charge in [0.2, 0.25) is 0 Å². The predicted molar refractivity (Wildman–Crippen MR) is 104 cm³/mol. The second-order valence-corrected chi connectivity index (χ2v) is 6.57. The van der Waals surface area contributed by atoms with Crippen molar-refractivity contribution in [3.63, 3.8) is 0 Å². The van der Waals surface area contributed by atoms with Crippen LogP contribution in [0.1, 0.15) is 18.5 Å². The molecule has 6 atom stereocenters. The van der Waals surface area contributed by atoms with Crippen LogP contribution >= 0.6 is 0 Å². The second-order valence-electron chi connectivity index (χ2n) is 6.57. The van der Waals surface area contributed by atoms with Crippen molar-refractivity contribution in [2.24, 2.45) is 5.73 Å².